The van der Waals surface area contributed by atoms with Crippen molar-refractivity contribution in [3.05, 3.63) is 75.8 Å². The molecular weight excluding hydrogens is 360 g/mol. The number of rotatable bonds is 6. The summed E-state index contributed by atoms with van der Waals surface area (Å²) in [5, 5.41) is 0. The Morgan fingerprint density at radius 2 is 1.96 bits per heavy atom. The second-order valence-electron chi connectivity index (χ2n) is 6.00. The Bertz CT molecular complexity index is 1100. The van der Waals surface area contributed by atoms with Crippen LogP contribution in [0.2, 0.25) is 0 Å². The number of aryl methyl sites for hydroxylation is 1. The number of aromatic nitrogens is 2. The molecule has 0 saturated heterocycles. The quantitative estimate of drug-likeness (QED) is 0.483. The van der Waals surface area contributed by atoms with Gasteiger partial charge in [0, 0.05) is 29.5 Å². The van der Waals surface area contributed by atoms with E-state index in [0.717, 1.165) is 5.69 Å². The van der Waals surface area contributed by atoms with Gasteiger partial charge in [0.25, 0.3) is 5.56 Å². The van der Waals surface area contributed by atoms with Crippen LogP contribution in [-0.4, -0.2) is 29.6 Å². The summed E-state index contributed by atoms with van der Waals surface area (Å²) in [7, 11) is 3.10. The van der Waals surface area contributed by atoms with E-state index in [1.54, 1.807) is 37.5 Å². The van der Waals surface area contributed by atoms with Gasteiger partial charge < -0.3 is 14.2 Å². The van der Waals surface area contributed by atoms with E-state index < -0.39 is 5.97 Å². The Balaban J connectivity index is 1.70. The van der Waals surface area contributed by atoms with E-state index in [1.807, 2.05) is 19.1 Å². The number of carbonyl (C=O) groups is 1. The molecule has 0 N–H and O–H groups in total. The van der Waals surface area contributed by atoms with Gasteiger partial charge in [-0.15, -0.1) is 0 Å². The zero-order valence-electron chi connectivity index (χ0n) is 15.8. The highest BCUT2D eigenvalue weighted by Crippen LogP contribution is 2.25. The normalized spacial score (nSPS) is 11.0. The first-order chi connectivity index (χ1) is 13.5. The number of nitrogens with zero attached hydrogens (tertiary/aromatic N) is 2. The fourth-order valence-corrected chi connectivity index (χ4v) is 2.74. The molecule has 0 saturated carbocycles. The lowest BCUT2D eigenvalue weighted by Gasteiger charge is -2.07. The maximum atomic E-state index is 12.2. The number of carbonyl (C=O) groups excluding carboxylic acids is 1. The van der Waals surface area contributed by atoms with Gasteiger partial charge in [0.15, 0.2) is 0 Å². The molecule has 0 aliphatic carbocycles. The molecule has 3 rings (SSSR count). The Morgan fingerprint density at radius 1 is 1.14 bits per heavy atom. The fraction of sp³-hybridized carbons (Fsp3) is 0.190. The first-order valence-corrected chi connectivity index (χ1v) is 8.57. The minimum absolute atomic E-state index is 0.0946. The van der Waals surface area contributed by atoms with Gasteiger partial charge >= 0.3 is 5.97 Å². The van der Waals surface area contributed by atoms with Gasteiger partial charge in [0.2, 0.25) is 0 Å². The summed E-state index contributed by atoms with van der Waals surface area (Å²) in [5.41, 5.74) is 2.18. The number of hydrogen-bond donors (Lipinski definition) is 0. The molecule has 0 radical (unpaired) electrons. The molecule has 0 bridgehead atoms. The van der Waals surface area contributed by atoms with Gasteiger partial charge in [-0.25, -0.2) is 9.78 Å². The third-order valence-electron chi connectivity index (χ3n) is 4.14. The highest BCUT2D eigenvalue weighted by atomic mass is 16.5. The number of ether oxygens (including phenoxy) is 3. The highest BCUT2D eigenvalue weighted by molar-refractivity contribution is 5.87. The SMILES string of the molecule is COc1ccc(/C=C/C(=O)OCc2cc(=O)n3c(C)cccc3n2)c(OC)c1. The Labute approximate surface area is 161 Å². The van der Waals surface area contributed by atoms with Crippen LogP contribution in [0.5, 0.6) is 11.5 Å². The number of benzene rings is 1. The van der Waals surface area contributed by atoms with Gasteiger partial charge in [-0.2, -0.15) is 0 Å². The second kappa shape index (κ2) is 8.39. The molecule has 0 aliphatic rings. The van der Waals surface area contributed by atoms with E-state index in [4.69, 9.17) is 14.2 Å². The van der Waals surface area contributed by atoms with Crippen LogP contribution in [0.1, 0.15) is 17.0 Å². The molecule has 0 unspecified atom stereocenters. The molecule has 0 amide bonds. The van der Waals surface area contributed by atoms with Crippen molar-refractivity contribution in [2.75, 3.05) is 14.2 Å². The smallest absolute Gasteiger partial charge is 0.331 e. The second-order valence-corrected chi connectivity index (χ2v) is 6.00. The van der Waals surface area contributed by atoms with Crippen molar-refractivity contribution in [2.45, 2.75) is 13.5 Å². The molecule has 3 aromatic rings. The monoisotopic (exact) mass is 380 g/mol. The highest BCUT2D eigenvalue weighted by Gasteiger charge is 2.07. The van der Waals surface area contributed by atoms with E-state index in [0.29, 0.717) is 28.4 Å². The van der Waals surface area contributed by atoms with E-state index >= 15 is 0 Å². The van der Waals surface area contributed by atoms with Crippen LogP contribution in [0, 0.1) is 6.92 Å². The molecule has 1 aromatic carbocycles. The minimum Gasteiger partial charge on any atom is -0.497 e. The largest absolute Gasteiger partial charge is 0.497 e. The molecule has 28 heavy (non-hydrogen) atoms. The topological polar surface area (TPSA) is 79.1 Å². The summed E-state index contributed by atoms with van der Waals surface area (Å²) < 4.78 is 17.1. The Kier molecular flexibility index (Phi) is 5.74. The zero-order chi connectivity index (χ0) is 20.1. The van der Waals surface area contributed by atoms with E-state index in [1.165, 1.54) is 23.7 Å². The Hall–Kier alpha value is -3.61. The van der Waals surface area contributed by atoms with Gasteiger partial charge in [0.1, 0.15) is 23.8 Å². The van der Waals surface area contributed by atoms with Gasteiger partial charge in [-0.05, 0) is 37.3 Å². The van der Waals surface area contributed by atoms with Crippen LogP contribution in [0.3, 0.4) is 0 Å². The molecule has 2 heterocycles. The van der Waals surface area contributed by atoms with E-state index in [-0.39, 0.29) is 12.2 Å². The molecule has 0 atom stereocenters. The van der Waals surface area contributed by atoms with E-state index in [2.05, 4.69) is 4.98 Å². The van der Waals surface area contributed by atoms with Crippen LogP contribution in [-0.2, 0) is 16.1 Å². The first kappa shape index (κ1) is 19.2. The minimum atomic E-state index is -0.552. The number of pyridine rings is 1. The molecule has 7 heteroatoms. The van der Waals surface area contributed by atoms with Crippen LogP contribution in [0.4, 0.5) is 0 Å². The van der Waals surface area contributed by atoms with Crippen LogP contribution in [0.15, 0.2) is 53.3 Å². The zero-order valence-corrected chi connectivity index (χ0v) is 15.8. The average molecular weight is 380 g/mol. The summed E-state index contributed by atoms with van der Waals surface area (Å²) in [4.78, 5) is 28.6. The lowest BCUT2D eigenvalue weighted by Crippen LogP contribution is -2.18. The van der Waals surface area contributed by atoms with Gasteiger partial charge in [-0.3, -0.25) is 9.20 Å². The van der Waals surface area contributed by atoms with Gasteiger partial charge in [0.05, 0.1) is 19.9 Å². The van der Waals surface area contributed by atoms with Crippen LogP contribution < -0.4 is 15.0 Å². The predicted molar refractivity (Wildman–Crippen MR) is 105 cm³/mol. The molecular formula is C21H20N2O5. The fourth-order valence-electron chi connectivity index (χ4n) is 2.74. The molecule has 0 spiro atoms. The predicted octanol–water partition coefficient (Wildman–Crippen LogP) is 2.78. The molecule has 2 aromatic heterocycles. The summed E-state index contributed by atoms with van der Waals surface area (Å²) in [6.07, 6.45) is 2.88. The number of fused-ring (bicyclic) bond motifs is 1. The lowest BCUT2D eigenvalue weighted by molar-refractivity contribution is -0.139. The van der Waals surface area contributed by atoms with Gasteiger partial charge in [-0.1, -0.05) is 6.07 Å². The van der Waals surface area contributed by atoms with E-state index in [9.17, 15) is 9.59 Å². The van der Waals surface area contributed by atoms with Crippen molar-refractivity contribution in [2.24, 2.45) is 0 Å². The maximum absolute atomic E-state index is 12.2. The molecule has 7 nitrogen and oxygen atoms in total. The summed E-state index contributed by atoms with van der Waals surface area (Å²) in [5.74, 6) is 0.674. The number of esters is 1. The summed E-state index contributed by atoms with van der Waals surface area (Å²) in [6.45, 7) is 1.73. The van der Waals surface area contributed by atoms with Crippen LogP contribution in [0.25, 0.3) is 11.7 Å². The third-order valence-corrected chi connectivity index (χ3v) is 4.14. The third kappa shape index (κ3) is 4.20. The molecule has 0 fully saturated rings. The maximum Gasteiger partial charge on any atom is 0.331 e. The summed E-state index contributed by atoms with van der Waals surface area (Å²) in [6, 6.07) is 12.0. The van der Waals surface area contributed by atoms with Crippen LogP contribution >= 0.6 is 0 Å². The van der Waals surface area contributed by atoms with Crippen molar-refractivity contribution >= 4 is 17.7 Å². The van der Waals surface area contributed by atoms with Crippen molar-refractivity contribution in [3.63, 3.8) is 0 Å². The standard InChI is InChI=1S/C21H20N2O5/c1-14-5-4-6-19-22-16(11-20(24)23(14)19)13-28-21(25)10-8-15-7-9-17(26-2)12-18(15)27-3/h4-12H,13H2,1-3H3/b10-8+. The van der Waals surface area contributed by atoms with Crippen molar-refractivity contribution in [1.29, 1.82) is 0 Å². The molecule has 0 aliphatic heterocycles. The number of methoxy groups -OCH3 is 2. The Morgan fingerprint density at radius 3 is 2.71 bits per heavy atom. The first-order valence-electron chi connectivity index (χ1n) is 8.57. The van der Waals surface area contributed by atoms with Crippen molar-refractivity contribution < 1.29 is 19.0 Å². The summed E-state index contributed by atoms with van der Waals surface area (Å²) >= 11 is 0. The molecule has 144 valence electrons. The van der Waals surface area contributed by atoms with Crippen molar-refractivity contribution in [1.82, 2.24) is 9.38 Å². The average Bonchev–Trinajstić information content (AvgIpc) is 2.70. The lowest BCUT2D eigenvalue weighted by atomic mass is 10.2. The number of hydrogen-bond acceptors (Lipinski definition) is 6. The van der Waals surface area contributed by atoms with Crippen molar-refractivity contribution in [3.8, 4) is 11.5 Å².